The molecule has 0 saturated heterocycles. The molecule has 1 unspecified atom stereocenters. The van der Waals surface area contributed by atoms with Crippen molar-refractivity contribution in [3.8, 4) is 5.75 Å². The Morgan fingerprint density at radius 1 is 0.862 bits per heavy atom. The number of fused-ring (bicyclic) bond motifs is 3. The van der Waals surface area contributed by atoms with Gasteiger partial charge >= 0.3 is 5.97 Å². The molecule has 0 bridgehead atoms. The molecule has 3 heteroatoms. The Morgan fingerprint density at radius 3 is 2.28 bits per heavy atom. The van der Waals surface area contributed by atoms with E-state index in [1.807, 2.05) is 48.5 Å². The first kappa shape index (κ1) is 18.8. The number of ether oxygens (including phenoxy) is 2. The Kier molecular flexibility index (Phi) is 5.05. The highest BCUT2D eigenvalue weighted by molar-refractivity contribution is 6.09. The van der Waals surface area contributed by atoms with Crippen molar-refractivity contribution in [2.75, 3.05) is 7.11 Å². The van der Waals surface area contributed by atoms with Crippen LogP contribution >= 0.6 is 0 Å². The lowest BCUT2D eigenvalue weighted by atomic mass is 9.91. The number of methoxy groups -OCH3 is 1. The zero-order chi connectivity index (χ0) is 20.4. The maximum absolute atomic E-state index is 12.5. The van der Waals surface area contributed by atoms with Gasteiger partial charge in [-0.15, -0.1) is 0 Å². The molecule has 0 aromatic heterocycles. The summed E-state index contributed by atoms with van der Waals surface area (Å²) in [6, 6.07) is 26.2. The van der Waals surface area contributed by atoms with Crippen LogP contribution < -0.4 is 4.74 Å². The maximum atomic E-state index is 12.5. The van der Waals surface area contributed by atoms with E-state index in [2.05, 4.69) is 36.9 Å². The zero-order valence-corrected chi connectivity index (χ0v) is 16.5. The first-order valence-electron chi connectivity index (χ1n) is 9.49. The van der Waals surface area contributed by atoms with Crippen LogP contribution in [0.1, 0.15) is 24.2 Å². The van der Waals surface area contributed by atoms with E-state index >= 15 is 0 Å². The number of rotatable bonds is 5. The summed E-state index contributed by atoms with van der Waals surface area (Å²) in [6.45, 7) is 5.40. The fourth-order valence-electron chi connectivity index (χ4n) is 3.62. The van der Waals surface area contributed by atoms with Gasteiger partial charge in [0.05, 0.1) is 7.11 Å². The van der Waals surface area contributed by atoms with Crippen LogP contribution in [0.25, 0.3) is 21.5 Å². The van der Waals surface area contributed by atoms with Gasteiger partial charge in [0.15, 0.2) is 6.10 Å². The van der Waals surface area contributed by atoms with Crippen LogP contribution in [0.5, 0.6) is 5.75 Å². The average Bonchev–Trinajstić information content (AvgIpc) is 2.76. The third-order valence-corrected chi connectivity index (χ3v) is 5.05. The highest BCUT2D eigenvalue weighted by atomic mass is 16.5. The standard InChI is InChI=1S/C26H22O3/c1-17(2)26(27)29-25(19-10-8-11-20(15-19)28-3)24-16-18-9-4-5-12-21(18)22-13-6-7-14-23(22)24/h4-16,25H,1H2,2-3H3. The Hall–Kier alpha value is -3.59. The minimum absolute atomic E-state index is 0.364. The molecule has 0 fully saturated rings. The molecule has 1 atom stereocenters. The minimum Gasteiger partial charge on any atom is -0.497 e. The third kappa shape index (κ3) is 3.59. The molecule has 4 rings (SSSR count). The van der Waals surface area contributed by atoms with Crippen LogP contribution in [0.4, 0.5) is 0 Å². The number of carbonyl (C=O) groups is 1. The predicted molar refractivity (Wildman–Crippen MR) is 117 cm³/mol. The van der Waals surface area contributed by atoms with Crippen molar-refractivity contribution < 1.29 is 14.3 Å². The lowest BCUT2D eigenvalue weighted by Gasteiger charge is -2.22. The molecule has 0 N–H and O–H groups in total. The number of hydrogen-bond acceptors (Lipinski definition) is 3. The van der Waals surface area contributed by atoms with Crippen molar-refractivity contribution in [1.82, 2.24) is 0 Å². The molecule has 0 spiro atoms. The summed E-state index contributed by atoms with van der Waals surface area (Å²) in [5.74, 6) is 0.291. The number of hydrogen-bond donors (Lipinski definition) is 0. The monoisotopic (exact) mass is 382 g/mol. The second-order valence-electron chi connectivity index (χ2n) is 7.07. The predicted octanol–water partition coefficient (Wildman–Crippen LogP) is 6.21. The topological polar surface area (TPSA) is 35.5 Å². The van der Waals surface area contributed by atoms with E-state index in [0.717, 1.165) is 27.3 Å². The zero-order valence-electron chi connectivity index (χ0n) is 16.5. The van der Waals surface area contributed by atoms with Gasteiger partial charge in [-0.05, 0) is 46.7 Å². The summed E-state index contributed by atoms with van der Waals surface area (Å²) in [7, 11) is 1.62. The second kappa shape index (κ2) is 7.80. The van der Waals surface area contributed by atoms with Gasteiger partial charge in [-0.3, -0.25) is 0 Å². The van der Waals surface area contributed by atoms with Crippen LogP contribution in [0.2, 0.25) is 0 Å². The number of carbonyl (C=O) groups excluding carboxylic acids is 1. The SMILES string of the molecule is C=C(C)C(=O)OC(c1cccc(OC)c1)c1cc2ccccc2c2ccccc12. The summed E-state index contributed by atoms with van der Waals surface area (Å²) in [5.41, 5.74) is 2.14. The fourth-order valence-corrected chi connectivity index (χ4v) is 3.62. The summed E-state index contributed by atoms with van der Waals surface area (Å²) >= 11 is 0. The van der Waals surface area contributed by atoms with Gasteiger partial charge in [-0.25, -0.2) is 4.79 Å². The minimum atomic E-state index is -0.580. The van der Waals surface area contributed by atoms with Crippen molar-refractivity contribution in [3.63, 3.8) is 0 Å². The fraction of sp³-hybridized carbons (Fsp3) is 0.115. The van der Waals surface area contributed by atoms with Crippen LogP contribution in [0.3, 0.4) is 0 Å². The lowest BCUT2D eigenvalue weighted by molar-refractivity contribution is -0.142. The van der Waals surface area contributed by atoms with Crippen molar-refractivity contribution in [3.05, 3.63) is 102 Å². The first-order chi connectivity index (χ1) is 14.1. The Morgan fingerprint density at radius 2 is 1.55 bits per heavy atom. The van der Waals surface area contributed by atoms with E-state index in [4.69, 9.17) is 9.47 Å². The quantitative estimate of drug-likeness (QED) is 0.234. The van der Waals surface area contributed by atoms with Gasteiger partial charge in [0.2, 0.25) is 0 Å². The van der Waals surface area contributed by atoms with Crippen LogP contribution in [0, 0.1) is 0 Å². The molecule has 144 valence electrons. The molecule has 0 aliphatic heterocycles. The van der Waals surface area contributed by atoms with Gasteiger partial charge in [-0.2, -0.15) is 0 Å². The van der Waals surface area contributed by atoms with Gasteiger partial charge in [-0.1, -0.05) is 67.2 Å². The smallest absolute Gasteiger partial charge is 0.334 e. The molecule has 0 amide bonds. The summed E-state index contributed by atoms with van der Waals surface area (Å²) in [5, 5.41) is 4.44. The molecule has 4 aromatic carbocycles. The highest BCUT2D eigenvalue weighted by Gasteiger charge is 2.23. The maximum Gasteiger partial charge on any atom is 0.334 e. The Bertz CT molecular complexity index is 1220. The molecule has 0 aliphatic rings. The second-order valence-corrected chi connectivity index (χ2v) is 7.07. The van der Waals surface area contributed by atoms with E-state index in [0.29, 0.717) is 11.3 Å². The van der Waals surface area contributed by atoms with E-state index in [1.54, 1.807) is 14.0 Å². The molecule has 0 heterocycles. The lowest BCUT2D eigenvalue weighted by Crippen LogP contribution is -2.14. The van der Waals surface area contributed by atoms with Crippen molar-refractivity contribution in [2.45, 2.75) is 13.0 Å². The molecule has 0 saturated carbocycles. The highest BCUT2D eigenvalue weighted by Crippen LogP contribution is 2.37. The van der Waals surface area contributed by atoms with Gasteiger partial charge in [0.25, 0.3) is 0 Å². The van der Waals surface area contributed by atoms with E-state index in [-0.39, 0.29) is 0 Å². The van der Waals surface area contributed by atoms with E-state index < -0.39 is 12.1 Å². The van der Waals surface area contributed by atoms with Gasteiger partial charge in [0.1, 0.15) is 5.75 Å². The Balaban J connectivity index is 1.99. The Labute approximate surface area is 170 Å². The van der Waals surface area contributed by atoms with Crippen molar-refractivity contribution >= 4 is 27.5 Å². The molecule has 0 radical (unpaired) electrons. The van der Waals surface area contributed by atoms with Crippen molar-refractivity contribution in [2.24, 2.45) is 0 Å². The molecular formula is C26H22O3. The number of benzene rings is 4. The molecular weight excluding hydrogens is 360 g/mol. The largest absolute Gasteiger partial charge is 0.497 e. The van der Waals surface area contributed by atoms with E-state index in [9.17, 15) is 4.79 Å². The van der Waals surface area contributed by atoms with Gasteiger partial charge in [0, 0.05) is 16.7 Å². The van der Waals surface area contributed by atoms with Gasteiger partial charge < -0.3 is 9.47 Å². The first-order valence-corrected chi connectivity index (χ1v) is 9.49. The molecule has 29 heavy (non-hydrogen) atoms. The van der Waals surface area contributed by atoms with Crippen molar-refractivity contribution in [1.29, 1.82) is 0 Å². The normalized spacial score (nSPS) is 11.9. The summed E-state index contributed by atoms with van der Waals surface area (Å²) in [6.07, 6.45) is -0.580. The molecule has 4 aromatic rings. The summed E-state index contributed by atoms with van der Waals surface area (Å²) in [4.78, 5) is 12.5. The van der Waals surface area contributed by atoms with Crippen LogP contribution in [0.15, 0.2) is 91.0 Å². The molecule has 0 aliphatic carbocycles. The number of esters is 1. The summed E-state index contributed by atoms with van der Waals surface area (Å²) < 4.78 is 11.3. The van der Waals surface area contributed by atoms with Crippen LogP contribution in [-0.4, -0.2) is 13.1 Å². The molecule has 3 nitrogen and oxygen atoms in total. The third-order valence-electron chi connectivity index (χ3n) is 5.05. The van der Waals surface area contributed by atoms with Crippen LogP contribution in [-0.2, 0) is 9.53 Å². The average molecular weight is 382 g/mol. The van der Waals surface area contributed by atoms with E-state index in [1.165, 1.54) is 5.39 Å².